The Morgan fingerprint density at radius 2 is 1.67 bits per heavy atom. The number of ether oxygens (including phenoxy) is 1. The number of carbonyl (C=O) groups excluding carboxylic acids is 4. The fourth-order valence-corrected chi connectivity index (χ4v) is 8.14. The number of nitrogens with zero attached hydrogens (tertiary/aromatic N) is 2. The van der Waals surface area contributed by atoms with Crippen molar-refractivity contribution in [3.05, 3.63) is 70.8 Å². The molecule has 0 bridgehead atoms. The molecule has 262 valence electrons. The van der Waals surface area contributed by atoms with Gasteiger partial charge in [-0.1, -0.05) is 91.9 Å². The molecule has 7 atom stereocenters. The molecular formula is C35H42IN5O8. The van der Waals surface area contributed by atoms with Crippen molar-refractivity contribution in [2.75, 3.05) is 13.1 Å². The van der Waals surface area contributed by atoms with Gasteiger partial charge in [0, 0.05) is 29.9 Å². The number of aliphatic carboxylic acids is 1. The Morgan fingerprint density at radius 3 is 2.33 bits per heavy atom. The lowest BCUT2D eigenvalue weighted by Gasteiger charge is -2.34. The van der Waals surface area contributed by atoms with E-state index in [1.165, 1.54) is 4.90 Å². The molecular weight excluding hydrogens is 745 g/mol. The summed E-state index contributed by atoms with van der Waals surface area (Å²) in [5.41, 5.74) is 1.69. The quantitative estimate of drug-likeness (QED) is 0.210. The van der Waals surface area contributed by atoms with Crippen molar-refractivity contribution in [3.8, 4) is 0 Å². The minimum atomic E-state index is -1.44. The van der Waals surface area contributed by atoms with Crippen LogP contribution in [0, 0.1) is 5.41 Å². The molecule has 0 spiro atoms. The standard InChI is InChI=1S/C35H42IN5O8/c1-34(2,3)28(30(44)37-27-23-11-7-6-9-20(23)14-25(27)42)38-32(47)41-18-22(15-24(41)29(43)39-35(31(45)46)16-26(35)36)49-33(48)40-13-12-19-8-4-5-10-21(19)17-40/h4-11,22,24-28,42H,12-18H2,1-3H3,(H,37,44)(H,38,47)(H,39,43)(H,45,46)/t22-,24+,25-,26-,27+,28-,35-/m1/s1. The molecule has 2 heterocycles. The topological polar surface area (TPSA) is 178 Å². The molecule has 49 heavy (non-hydrogen) atoms. The first-order chi connectivity index (χ1) is 23.2. The maximum Gasteiger partial charge on any atom is 0.410 e. The van der Waals surface area contributed by atoms with Gasteiger partial charge in [0.05, 0.1) is 18.7 Å². The number of amides is 5. The fraction of sp³-hybridized carbons (Fsp3) is 0.514. The van der Waals surface area contributed by atoms with E-state index >= 15 is 0 Å². The number of likely N-dealkylation sites (tertiary alicyclic amines) is 1. The molecule has 2 aliphatic heterocycles. The van der Waals surface area contributed by atoms with Crippen LogP contribution in [0.25, 0.3) is 0 Å². The second kappa shape index (κ2) is 13.4. The van der Waals surface area contributed by atoms with Gasteiger partial charge in [0.1, 0.15) is 18.2 Å². The van der Waals surface area contributed by atoms with Crippen molar-refractivity contribution in [3.63, 3.8) is 0 Å². The van der Waals surface area contributed by atoms with Gasteiger partial charge in [0.15, 0.2) is 5.54 Å². The number of rotatable bonds is 7. The molecule has 0 radical (unpaired) electrons. The Hall–Kier alpha value is -3.92. The predicted octanol–water partition coefficient (Wildman–Crippen LogP) is 2.67. The Balaban J connectivity index is 1.18. The van der Waals surface area contributed by atoms with E-state index in [-0.39, 0.29) is 23.3 Å². The molecule has 2 aromatic carbocycles. The summed E-state index contributed by atoms with van der Waals surface area (Å²) in [7, 11) is 0. The molecule has 5 N–H and O–H groups in total. The minimum absolute atomic E-state index is 0.0472. The Bertz CT molecular complexity index is 1660. The highest BCUT2D eigenvalue weighted by Gasteiger charge is 2.61. The van der Waals surface area contributed by atoms with Crippen molar-refractivity contribution >= 4 is 52.5 Å². The van der Waals surface area contributed by atoms with E-state index in [2.05, 4.69) is 16.0 Å². The molecule has 1 saturated heterocycles. The van der Waals surface area contributed by atoms with Crippen molar-refractivity contribution in [2.45, 2.75) is 92.8 Å². The van der Waals surface area contributed by atoms with Crippen LogP contribution in [0.4, 0.5) is 9.59 Å². The highest BCUT2D eigenvalue weighted by molar-refractivity contribution is 14.1. The zero-order chi connectivity index (χ0) is 35.2. The number of carbonyl (C=O) groups is 5. The summed E-state index contributed by atoms with van der Waals surface area (Å²) in [6.07, 6.45) is -1.01. The van der Waals surface area contributed by atoms with Crippen LogP contribution >= 0.6 is 22.6 Å². The number of urea groups is 1. The molecule has 1 saturated carbocycles. The molecule has 0 unspecified atom stereocenters. The van der Waals surface area contributed by atoms with Gasteiger partial charge in [-0.15, -0.1) is 0 Å². The summed E-state index contributed by atoms with van der Waals surface area (Å²) < 4.78 is 5.53. The van der Waals surface area contributed by atoms with E-state index in [9.17, 15) is 34.2 Å². The van der Waals surface area contributed by atoms with E-state index in [0.717, 1.165) is 22.3 Å². The molecule has 0 aromatic heterocycles. The summed E-state index contributed by atoms with van der Waals surface area (Å²) in [5.74, 6) is -2.35. The van der Waals surface area contributed by atoms with Crippen molar-refractivity contribution in [1.29, 1.82) is 0 Å². The smallest absolute Gasteiger partial charge is 0.410 e. The molecule has 2 fully saturated rings. The lowest BCUT2D eigenvalue weighted by atomic mass is 9.86. The number of carboxylic acid groups (broad SMARTS) is 1. The summed E-state index contributed by atoms with van der Waals surface area (Å²) in [6.45, 7) is 6.05. The largest absolute Gasteiger partial charge is 0.479 e. The predicted molar refractivity (Wildman–Crippen MR) is 186 cm³/mol. The second-order valence-corrected chi connectivity index (χ2v) is 16.0. The maximum absolute atomic E-state index is 14.0. The highest BCUT2D eigenvalue weighted by atomic mass is 127. The number of hydrogen-bond acceptors (Lipinski definition) is 7. The number of carboxylic acids is 1. The van der Waals surface area contributed by atoms with Gasteiger partial charge in [-0.3, -0.25) is 9.59 Å². The first kappa shape index (κ1) is 34.9. The number of benzene rings is 2. The fourth-order valence-electron chi connectivity index (χ4n) is 7.02. The van der Waals surface area contributed by atoms with Crippen LogP contribution in [0.5, 0.6) is 0 Å². The number of hydrogen-bond donors (Lipinski definition) is 5. The maximum atomic E-state index is 14.0. The molecule has 4 aliphatic rings. The third-order valence-corrected chi connectivity index (χ3v) is 11.5. The first-order valence-electron chi connectivity index (χ1n) is 16.5. The third kappa shape index (κ3) is 7.07. The van der Waals surface area contributed by atoms with E-state index in [0.29, 0.717) is 25.9 Å². The monoisotopic (exact) mass is 787 g/mol. The van der Waals surface area contributed by atoms with Gasteiger partial charge in [0.2, 0.25) is 11.8 Å². The van der Waals surface area contributed by atoms with Crippen molar-refractivity contribution in [1.82, 2.24) is 25.8 Å². The summed E-state index contributed by atoms with van der Waals surface area (Å²) in [6, 6.07) is 11.7. The van der Waals surface area contributed by atoms with E-state index in [4.69, 9.17) is 4.74 Å². The molecule has 14 heteroatoms. The van der Waals surface area contributed by atoms with Gasteiger partial charge in [-0.2, -0.15) is 0 Å². The molecule has 13 nitrogen and oxygen atoms in total. The van der Waals surface area contributed by atoms with Crippen LogP contribution in [0.3, 0.4) is 0 Å². The zero-order valence-electron chi connectivity index (χ0n) is 27.6. The first-order valence-corrected chi connectivity index (χ1v) is 17.8. The highest BCUT2D eigenvalue weighted by Crippen LogP contribution is 2.44. The lowest BCUT2D eigenvalue weighted by molar-refractivity contribution is -0.143. The van der Waals surface area contributed by atoms with E-state index in [1.54, 1.807) is 25.7 Å². The van der Waals surface area contributed by atoms with E-state index < -0.39 is 71.2 Å². The summed E-state index contributed by atoms with van der Waals surface area (Å²) >= 11 is 1.97. The number of alkyl halides is 1. The number of fused-ring (bicyclic) bond motifs is 2. The van der Waals surface area contributed by atoms with E-state index in [1.807, 2.05) is 71.1 Å². The van der Waals surface area contributed by atoms with Gasteiger partial charge < -0.3 is 40.7 Å². The van der Waals surface area contributed by atoms with Crippen LogP contribution in [-0.4, -0.2) is 96.8 Å². The van der Waals surface area contributed by atoms with Crippen LogP contribution < -0.4 is 16.0 Å². The number of halogens is 1. The van der Waals surface area contributed by atoms with Crippen molar-refractivity contribution in [2.24, 2.45) is 5.41 Å². The Labute approximate surface area is 298 Å². The second-order valence-electron chi connectivity index (χ2n) is 14.5. The molecule has 6 rings (SSSR count). The van der Waals surface area contributed by atoms with Crippen LogP contribution in [-0.2, 0) is 38.5 Å². The average Bonchev–Trinajstić information content (AvgIpc) is 3.36. The van der Waals surface area contributed by atoms with Gasteiger partial charge in [-0.05, 0) is 40.5 Å². The van der Waals surface area contributed by atoms with Crippen LogP contribution in [0.1, 0.15) is 61.9 Å². The Kier molecular flexibility index (Phi) is 9.56. The number of aliphatic hydroxyl groups excluding tert-OH is 1. The summed E-state index contributed by atoms with van der Waals surface area (Å²) in [5, 5.41) is 28.9. The van der Waals surface area contributed by atoms with Crippen LogP contribution in [0.15, 0.2) is 48.5 Å². The van der Waals surface area contributed by atoms with Crippen molar-refractivity contribution < 1.29 is 38.9 Å². The molecule has 2 aromatic rings. The van der Waals surface area contributed by atoms with Crippen LogP contribution in [0.2, 0.25) is 0 Å². The number of nitrogens with one attached hydrogen (secondary N) is 3. The average molecular weight is 788 g/mol. The zero-order valence-corrected chi connectivity index (χ0v) is 29.8. The molecule has 5 amide bonds. The minimum Gasteiger partial charge on any atom is -0.479 e. The lowest BCUT2D eigenvalue weighted by Crippen LogP contribution is -2.60. The van der Waals surface area contributed by atoms with Gasteiger partial charge in [0.25, 0.3) is 0 Å². The number of aliphatic hydroxyl groups is 1. The normalized spacial score (nSPS) is 27.7. The SMILES string of the molecule is CC(C)(C)[C@H](NC(=O)N1C[C@H](OC(=O)N2CCc3ccccc3C2)C[C@H]1C(=O)N[C@]1(C(=O)O)C[C@H]1I)C(=O)N[C@H]1c2ccccc2C[C@H]1O. The molecule has 2 aliphatic carbocycles. The van der Waals surface area contributed by atoms with Gasteiger partial charge >= 0.3 is 18.1 Å². The third-order valence-electron chi connectivity index (χ3n) is 9.98. The van der Waals surface area contributed by atoms with Gasteiger partial charge in [-0.25, -0.2) is 14.4 Å². The Morgan fingerprint density at radius 1 is 1.02 bits per heavy atom. The summed E-state index contributed by atoms with van der Waals surface area (Å²) in [4.78, 5) is 69.6.